The van der Waals surface area contributed by atoms with Crippen LogP contribution in [-0.4, -0.2) is 49.6 Å². The van der Waals surface area contributed by atoms with Crippen molar-refractivity contribution in [3.05, 3.63) is 101 Å². The molecule has 232 valence electrons. The number of anilines is 2. The van der Waals surface area contributed by atoms with Gasteiger partial charge < -0.3 is 25.0 Å². The number of aliphatic imine (C=N–C) groups is 1. The van der Waals surface area contributed by atoms with E-state index < -0.39 is 5.54 Å². The Morgan fingerprint density at radius 3 is 2.75 bits per heavy atom. The number of nitrogens with one attached hydrogen (secondary N) is 2. The molecule has 1 aromatic heterocycles. The Bertz CT molecular complexity index is 1480. The van der Waals surface area contributed by atoms with Crippen LogP contribution in [0.15, 0.2) is 95.3 Å². The molecule has 8 nitrogen and oxygen atoms in total. The molecule has 5 rings (SSSR count). The number of aromatic nitrogens is 1. The Balaban J connectivity index is 1.45. The van der Waals surface area contributed by atoms with Crippen LogP contribution in [0.3, 0.4) is 0 Å². The van der Waals surface area contributed by atoms with Gasteiger partial charge in [0.1, 0.15) is 24.0 Å². The van der Waals surface area contributed by atoms with E-state index in [-0.39, 0.29) is 5.91 Å². The third-order valence-corrected chi connectivity index (χ3v) is 8.69. The van der Waals surface area contributed by atoms with Crippen LogP contribution in [0.4, 0.5) is 11.4 Å². The van der Waals surface area contributed by atoms with Crippen LogP contribution in [0.2, 0.25) is 0 Å². The molecule has 1 aliphatic heterocycles. The molecule has 0 unspecified atom stereocenters. The summed E-state index contributed by atoms with van der Waals surface area (Å²) >= 11 is 0. The smallest absolute Gasteiger partial charge is 0.252 e. The van der Waals surface area contributed by atoms with Crippen LogP contribution < -0.4 is 15.5 Å². The molecule has 1 saturated heterocycles. The van der Waals surface area contributed by atoms with E-state index >= 15 is 0 Å². The molecule has 2 fully saturated rings. The van der Waals surface area contributed by atoms with Gasteiger partial charge in [-0.3, -0.25) is 14.8 Å². The number of methoxy groups -OCH3 is 1. The third kappa shape index (κ3) is 7.41. The molecule has 8 heteroatoms. The van der Waals surface area contributed by atoms with Crippen LogP contribution in [0.1, 0.15) is 68.3 Å². The number of ether oxygens (including phenoxy) is 2. The molecular weight excluding hydrogens is 550 g/mol. The Kier molecular flexibility index (Phi) is 9.88. The van der Waals surface area contributed by atoms with E-state index in [9.17, 15) is 4.79 Å². The third-order valence-electron chi connectivity index (χ3n) is 8.69. The number of carbonyl (C=O) groups excluding carboxylic acids is 1. The predicted octanol–water partition coefficient (Wildman–Crippen LogP) is 6.95. The SMILES string of the molecule is C=C1C2=CC=C(OC)C=C(C2)OCCN1c1cc(C(=O)NC(C)(C)C(=NC)Nc2cccnc2)ccc1CC1CCCCC1. The fraction of sp³-hybridized carbons (Fsp3) is 0.417. The van der Waals surface area contributed by atoms with Crippen molar-refractivity contribution < 1.29 is 14.3 Å². The van der Waals surface area contributed by atoms with Gasteiger partial charge in [0.05, 0.1) is 31.1 Å². The minimum Gasteiger partial charge on any atom is -0.497 e. The number of allylic oxidation sites excluding steroid dienone is 5. The zero-order valence-electron chi connectivity index (χ0n) is 26.5. The lowest BCUT2D eigenvalue weighted by molar-refractivity contribution is 0.0932. The first-order chi connectivity index (χ1) is 21.3. The van der Waals surface area contributed by atoms with Gasteiger partial charge in [-0.2, -0.15) is 0 Å². The van der Waals surface area contributed by atoms with Crippen LogP contribution in [0.5, 0.6) is 0 Å². The van der Waals surface area contributed by atoms with Crippen molar-refractivity contribution in [2.45, 2.75) is 64.3 Å². The number of pyridine rings is 1. The molecule has 1 amide bonds. The van der Waals surface area contributed by atoms with Crippen molar-refractivity contribution in [2.24, 2.45) is 10.9 Å². The second kappa shape index (κ2) is 14.0. The van der Waals surface area contributed by atoms with Crippen molar-refractivity contribution in [1.29, 1.82) is 0 Å². The Labute approximate surface area is 261 Å². The average Bonchev–Trinajstić information content (AvgIpc) is 3.25. The number of amides is 1. The summed E-state index contributed by atoms with van der Waals surface area (Å²) in [5.74, 6) is 2.73. The van der Waals surface area contributed by atoms with Crippen molar-refractivity contribution in [3.63, 3.8) is 0 Å². The topological polar surface area (TPSA) is 88.1 Å². The minimum absolute atomic E-state index is 0.171. The van der Waals surface area contributed by atoms with E-state index in [1.807, 2.05) is 50.3 Å². The number of fused-ring (bicyclic) bond motifs is 2. The molecule has 0 spiro atoms. The lowest BCUT2D eigenvalue weighted by Gasteiger charge is -2.34. The highest BCUT2D eigenvalue weighted by molar-refractivity contribution is 6.06. The summed E-state index contributed by atoms with van der Waals surface area (Å²) in [6.07, 6.45) is 17.4. The largest absolute Gasteiger partial charge is 0.497 e. The Morgan fingerprint density at radius 1 is 1.20 bits per heavy atom. The fourth-order valence-electron chi connectivity index (χ4n) is 6.26. The molecule has 0 radical (unpaired) electrons. The first kappa shape index (κ1) is 31.1. The number of benzene rings is 1. The number of carbonyl (C=O) groups is 1. The van der Waals surface area contributed by atoms with Crippen LogP contribution in [0.25, 0.3) is 0 Å². The lowest BCUT2D eigenvalue weighted by atomic mass is 9.84. The van der Waals surface area contributed by atoms with Gasteiger partial charge in [0, 0.05) is 42.7 Å². The fourth-order valence-corrected chi connectivity index (χ4v) is 6.26. The maximum atomic E-state index is 13.8. The summed E-state index contributed by atoms with van der Waals surface area (Å²) in [6.45, 7) is 9.56. The van der Waals surface area contributed by atoms with Crippen LogP contribution in [-0.2, 0) is 15.9 Å². The van der Waals surface area contributed by atoms with E-state index in [1.54, 1.807) is 26.6 Å². The second-order valence-corrected chi connectivity index (χ2v) is 12.3. The van der Waals surface area contributed by atoms with Gasteiger partial charge in [-0.25, -0.2) is 0 Å². The summed E-state index contributed by atoms with van der Waals surface area (Å²) < 4.78 is 11.7. The monoisotopic (exact) mass is 595 g/mol. The number of rotatable bonds is 8. The predicted molar refractivity (Wildman–Crippen MR) is 178 cm³/mol. The van der Waals surface area contributed by atoms with Gasteiger partial charge in [-0.1, -0.05) is 50.8 Å². The zero-order chi connectivity index (χ0) is 31.1. The Morgan fingerprint density at radius 2 is 2.02 bits per heavy atom. The molecule has 1 saturated carbocycles. The molecule has 0 atom stereocenters. The van der Waals surface area contributed by atoms with E-state index in [0.29, 0.717) is 36.9 Å². The molecule has 1 aromatic carbocycles. The van der Waals surface area contributed by atoms with E-state index in [0.717, 1.165) is 40.6 Å². The van der Waals surface area contributed by atoms with E-state index in [2.05, 4.69) is 44.2 Å². The van der Waals surface area contributed by atoms with Gasteiger partial charge in [0.25, 0.3) is 5.91 Å². The highest BCUT2D eigenvalue weighted by Gasteiger charge is 2.29. The van der Waals surface area contributed by atoms with Crippen LogP contribution in [0, 0.1) is 5.92 Å². The second-order valence-electron chi connectivity index (χ2n) is 12.3. The Hall–Kier alpha value is -4.33. The molecule has 2 aliphatic carbocycles. The summed E-state index contributed by atoms with van der Waals surface area (Å²) in [7, 11) is 3.38. The standard InChI is InChI=1S/C36H45N5O3/c1-25-27-15-16-31(43-5)23-32(21-27)44-19-18-41(25)33-22-29(14-13-28(33)20-26-10-7-6-8-11-26)34(42)40-36(2,3)35(37-4)39-30-12-9-17-38-24-30/h9,12-17,22-24,26H,1,6-8,10-11,18-21H2,2-5H3,(H,37,39)(H,40,42). The van der Waals surface area contributed by atoms with Gasteiger partial charge in [0.2, 0.25) is 0 Å². The average molecular weight is 596 g/mol. The maximum Gasteiger partial charge on any atom is 0.252 e. The van der Waals surface area contributed by atoms with Crippen molar-refractivity contribution in [2.75, 3.05) is 37.5 Å². The van der Waals surface area contributed by atoms with Crippen molar-refractivity contribution in [3.8, 4) is 0 Å². The molecule has 44 heavy (non-hydrogen) atoms. The summed E-state index contributed by atoms with van der Waals surface area (Å²) in [4.78, 5) is 24.7. The number of hydrogen-bond donors (Lipinski definition) is 2. The van der Waals surface area contributed by atoms with Gasteiger partial charge in [-0.05, 0) is 67.7 Å². The zero-order valence-corrected chi connectivity index (χ0v) is 26.5. The van der Waals surface area contributed by atoms with Crippen LogP contribution >= 0.6 is 0 Å². The quantitative estimate of drug-likeness (QED) is 0.254. The number of hydrogen-bond acceptors (Lipinski definition) is 6. The molecule has 2 heterocycles. The van der Waals surface area contributed by atoms with E-state index in [1.165, 1.54) is 37.7 Å². The highest BCUT2D eigenvalue weighted by atomic mass is 16.5. The normalized spacial score (nSPS) is 18.1. The van der Waals surface area contributed by atoms with Gasteiger partial charge in [0.15, 0.2) is 0 Å². The first-order valence-electron chi connectivity index (χ1n) is 15.6. The van der Waals surface area contributed by atoms with Gasteiger partial charge >= 0.3 is 0 Å². The summed E-state index contributed by atoms with van der Waals surface area (Å²) in [6, 6.07) is 9.89. The molecule has 2 aromatic rings. The van der Waals surface area contributed by atoms with Gasteiger partial charge in [-0.15, -0.1) is 0 Å². The van der Waals surface area contributed by atoms with Crippen molar-refractivity contribution >= 4 is 23.1 Å². The molecule has 2 N–H and O–H groups in total. The maximum absolute atomic E-state index is 13.8. The summed E-state index contributed by atoms with van der Waals surface area (Å²) in [5, 5.41) is 6.51. The molecule has 2 bridgehead atoms. The highest BCUT2D eigenvalue weighted by Crippen LogP contribution is 2.36. The number of nitrogens with zero attached hydrogens (tertiary/aromatic N) is 3. The summed E-state index contributed by atoms with van der Waals surface area (Å²) in [5.41, 5.74) is 4.86. The van der Waals surface area contributed by atoms with E-state index in [4.69, 9.17) is 9.47 Å². The molecular formula is C36H45N5O3. The molecule has 3 aliphatic rings. The van der Waals surface area contributed by atoms with Crippen molar-refractivity contribution in [1.82, 2.24) is 10.3 Å². The minimum atomic E-state index is -0.764. The first-order valence-corrected chi connectivity index (χ1v) is 15.6. The number of amidine groups is 1. The lowest BCUT2D eigenvalue weighted by Crippen LogP contribution is -2.52.